The molecule has 5 rings (SSSR count). The van der Waals surface area contributed by atoms with Crippen molar-refractivity contribution in [2.45, 2.75) is 46.6 Å². The van der Waals surface area contributed by atoms with Gasteiger partial charge in [-0.2, -0.15) is 0 Å². The first kappa shape index (κ1) is 28.4. The summed E-state index contributed by atoms with van der Waals surface area (Å²) in [6, 6.07) is 22.7. The summed E-state index contributed by atoms with van der Waals surface area (Å²) in [5, 5.41) is 4.95. The standard InChI is InChI=1S/C33H32Cl2N2O2S/c1-33(2,3)23-14-16-26-29(17-23)40-32(30(26)31(38)37-25-10-5-4-6-11-25)36-19-21-9-7-8-12-28(21)39-20-22-13-15-24(34)18-27(22)35/h4-13,15,18-19,23H,14,16-17,20H2,1-3H3,(H,37,38)/t23-/m1/s1. The second-order valence-electron chi connectivity index (χ2n) is 11.1. The van der Waals surface area contributed by atoms with Crippen molar-refractivity contribution in [1.82, 2.24) is 0 Å². The molecular weight excluding hydrogens is 559 g/mol. The summed E-state index contributed by atoms with van der Waals surface area (Å²) in [5.41, 5.74) is 4.45. The number of fused-ring (bicyclic) bond motifs is 1. The van der Waals surface area contributed by atoms with Crippen molar-refractivity contribution >= 4 is 57.3 Å². The van der Waals surface area contributed by atoms with Gasteiger partial charge in [0.2, 0.25) is 0 Å². The first-order valence-electron chi connectivity index (χ1n) is 13.4. The summed E-state index contributed by atoms with van der Waals surface area (Å²) in [5.74, 6) is 1.13. The van der Waals surface area contributed by atoms with Crippen LogP contribution in [0.15, 0.2) is 77.8 Å². The number of para-hydroxylation sites is 2. The monoisotopic (exact) mass is 590 g/mol. The highest BCUT2D eigenvalue weighted by Gasteiger charge is 2.33. The van der Waals surface area contributed by atoms with Crippen molar-refractivity contribution in [3.63, 3.8) is 0 Å². The molecule has 4 aromatic rings. The van der Waals surface area contributed by atoms with Crippen LogP contribution in [-0.2, 0) is 19.4 Å². The minimum atomic E-state index is -0.119. The number of halogens is 2. The average Bonchev–Trinajstić information content (AvgIpc) is 3.30. The highest BCUT2D eigenvalue weighted by molar-refractivity contribution is 7.16. The van der Waals surface area contributed by atoms with E-state index in [2.05, 4.69) is 26.1 Å². The zero-order valence-corrected chi connectivity index (χ0v) is 25.2. The van der Waals surface area contributed by atoms with E-state index < -0.39 is 0 Å². The molecule has 0 saturated heterocycles. The fourth-order valence-corrected chi connectivity index (χ4v) is 6.72. The molecule has 0 fully saturated rings. The van der Waals surface area contributed by atoms with Crippen LogP contribution in [0.2, 0.25) is 10.0 Å². The Bertz CT molecular complexity index is 1540. The van der Waals surface area contributed by atoms with Gasteiger partial charge in [-0.25, -0.2) is 4.99 Å². The fraction of sp³-hybridized carbons (Fsp3) is 0.273. The van der Waals surface area contributed by atoms with Crippen LogP contribution in [-0.4, -0.2) is 12.1 Å². The largest absolute Gasteiger partial charge is 0.488 e. The topological polar surface area (TPSA) is 50.7 Å². The van der Waals surface area contributed by atoms with E-state index in [4.69, 9.17) is 32.9 Å². The molecule has 0 unspecified atom stereocenters. The molecule has 3 aromatic carbocycles. The van der Waals surface area contributed by atoms with Gasteiger partial charge in [0, 0.05) is 38.0 Å². The Morgan fingerprint density at radius 1 is 1.07 bits per heavy atom. The van der Waals surface area contributed by atoms with E-state index in [0.29, 0.717) is 33.9 Å². The summed E-state index contributed by atoms with van der Waals surface area (Å²) < 4.78 is 6.13. The molecule has 0 bridgehead atoms. The molecule has 0 aliphatic heterocycles. The van der Waals surface area contributed by atoms with Crippen LogP contribution in [0.1, 0.15) is 59.1 Å². The van der Waals surface area contributed by atoms with E-state index in [9.17, 15) is 4.79 Å². The third-order valence-corrected chi connectivity index (χ3v) is 9.12. The van der Waals surface area contributed by atoms with E-state index >= 15 is 0 Å². The van der Waals surface area contributed by atoms with Gasteiger partial charge >= 0.3 is 0 Å². The minimum absolute atomic E-state index is 0.119. The molecule has 1 amide bonds. The number of rotatable bonds is 7. The maximum Gasteiger partial charge on any atom is 0.259 e. The number of aliphatic imine (C=N–C) groups is 1. The molecule has 206 valence electrons. The quantitative estimate of drug-likeness (QED) is 0.218. The lowest BCUT2D eigenvalue weighted by Gasteiger charge is -2.33. The van der Waals surface area contributed by atoms with Crippen molar-refractivity contribution in [1.29, 1.82) is 0 Å². The molecule has 0 radical (unpaired) electrons. The Morgan fingerprint density at radius 2 is 1.82 bits per heavy atom. The van der Waals surface area contributed by atoms with Crippen LogP contribution >= 0.6 is 34.5 Å². The molecule has 1 atom stereocenters. The van der Waals surface area contributed by atoms with Crippen molar-refractivity contribution in [2.75, 3.05) is 5.32 Å². The van der Waals surface area contributed by atoms with Gasteiger partial charge in [-0.3, -0.25) is 4.79 Å². The number of nitrogens with one attached hydrogen (secondary N) is 1. The lowest BCUT2D eigenvalue weighted by Crippen LogP contribution is -2.27. The molecule has 1 heterocycles. The second-order valence-corrected chi connectivity index (χ2v) is 13.1. The SMILES string of the molecule is CC(C)(C)[C@@H]1CCc2c(sc(N=Cc3ccccc3OCc3ccc(Cl)cc3Cl)c2C(=O)Nc2ccccc2)C1. The van der Waals surface area contributed by atoms with Gasteiger partial charge in [0.05, 0.1) is 5.56 Å². The highest BCUT2D eigenvalue weighted by Crippen LogP contribution is 2.45. The average molecular weight is 592 g/mol. The van der Waals surface area contributed by atoms with Crippen molar-refractivity contribution in [3.05, 3.63) is 110 Å². The van der Waals surface area contributed by atoms with Crippen molar-refractivity contribution in [3.8, 4) is 5.75 Å². The third kappa shape index (κ3) is 6.60. The lowest BCUT2D eigenvalue weighted by molar-refractivity contribution is 0.102. The van der Waals surface area contributed by atoms with Crippen LogP contribution < -0.4 is 10.1 Å². The number of thiophene rings is 1. The number of anilines is 1. The smallest absolute Gasteiger partial charge is 0.259 e. The maximum atomic E-state index is 13.6. The summed E-state index contributed by atoms with van der Waals surface area (Å²) >= 11 is 14.0. The third-order valence-electron chi connectivity index (χ3n) is 7.37. The van der Waals surface area contributed by atoms with Crippen molar-refractivity contribution in [2.24, 2.45) is 16.3 Å². The van der Waals surface area contributed by atoms with Crippen LogP contribution in [0.4, 0.5) is 10.7 Å². The molecular formula is C33H32Cl2N2O2S. The van der Waals surface area contributed by atoms with E-state index in [1.165, 1.54) is 4.88 Å². The number of carbonyl (C=O) groups excluding carboxylic acids is 1. The van der Waals surface area contributed by atoms with Crippen LogP contribution in [0.3, 0.4) is 0 Å². The van der Waals surface area contributed by atoms with Gasteiger partial charge in [-0.05, 0) is 72.6 Å². The molecule has 4 nitrogen and oxygen atoms in total. The van der Waals surface area contributed by atoms with E-state index in [0.717, 1.165) is 46.6 Å². The zero-order chi connectivity index (χ0) is 28.3. The van der Waals surface area contributed by atoms with E-state index in [-0.39, 0.29) is 11.3 Å². The predicted octanol–water partition coefficient (Wildman–Crippen LogP) is 9.79. The van der Waals surface area contributed by atoms with Crippen LogP contribution in [0, 0.1) is 11.3 Å². The molecule has 7 heteroatoms. The zero-order valence-electron chi connectivity index (χ0n) is 22.8. The Morgan fingerprint density at radius 3 is 2.58 bits per heavy atom. The van der Waals surface area contributed by atoms with Gasteiger partial charge in [0.25, 0.3) is 5.91 Å². The Kier molecular flexibility index (Phi) is 8.65. The molecule has 1 aliphatic rings. The summed E-state index contributed by atoms with van der Waals surface area (Å²) in [7, 11) is 0. The Hall–Kier alpha value is -3.12. The van der Waals surface area contributed by atoms with Crippen molar-refractivity contribution < 1.29 is 9.53 Å². The predicted molar refractivity (Wildman–Crippen MR) is 168 cm³/mol. The molecule has 0 saturated carbocycles. The minimum Gasteiger partial charge on any atom is -0.488 e. The number of hydrogen-bond acceptors (Lipinski definition) is 4. The van der Waals surface area contributed by atoms with Gasteiger partial charge in [-0.1, -0.05) is 80.4 Å². The highest BCUT2D eigenvalue weighted by atomic mass is 35.5. The molecule has 1 N–H and O–H groups in total. The second kappa shape index (κ2) is 12.2. The Labute approximate surface area is 250 Å². The lowest BCUT2D eigenvalue weighted by atomic mass is 9.72. The van der Waals surface area contributed by atoms with Crippen LogP contribution in [0.25, 0.3) is 0 Å². The van der Waals surface area contributed by atoms with Gasteiger partial charge < -0.3 is 10.1 Å². The molecule has 40 heavy (non-hydrogen) atoms. The van der Waals surface area contributed by atoms with E-state index in [1.807, 2.05) is 60.7 Å². The van der Waals surface area contributed by atoms with Gasteiger partial charge in [0.1, 0.15) is 17.4 Å². The first-order chi connectivity index (χ1) is 19.2. The molecule has 1 aromatic heterocycles. The number of ether oxygens (including phenoxy) is 1. The summed E-state index contributed by atoms with van der Waals surface area (Å²) in [6.45, 7) is 7.19. The fourth-order valence-electron chi connectivity index (χ4n) is 4.99. The summed E-state index contributed by atoms with van der Waals surface area (Å²) in [4.78, 5) is 19.8. The van der Waals surface area contributed by atoms with Crippen LogP contribution in [0.5, 0.6) is 5.75 Å². The normalized spacial score (nSPS) is 15.2. The molecule has 0 spiro atoms. The van der Waals surface area contributed by atoms with Gasteiger partial charge in [-0.15, -0.1) is 11.3 Å². The maximum absolute atomic E-state index is 13.6. The van der Waals surface area contributed by atoms with E-state index in [1.54, 1.807) is 29.7 Å². The summed E-state index contributed by atoms with van der Waals surface area (Å²) in [6.07, 6.45) is 4.69. The number of amides is 1. The Balaban J connectivity index is 1.44. The first-order valence-corrected chi connectivity index (χ1v) is 15.0. The molecule has 1 aliphatic carbocycles. The number of hydrogen-bond donors (Lipinski definition) is 1. The van der Waals surface area contributed by atoms with Gasteiger partial charge in [0.15, 0.2) is 0 Å². The number of benzene rings is 3. The number of nitrogens with zero attached hydrogens (tertiary/aromatic N) is 1. The number of carbonyl (C=O) groups is 1.